The summed E-state index contributed by atoms with van der Waals surface area (Å²) in [7, 11) is 0. The second kappa shape index (κ2) is 8.16. The van der Waals surface area contributed by atoms with E-state index in [1.807, 2.05) is 30.3 Å². The van der Waals surface area contributed by atoms with Gasteiger partial charge in [0.1, 0.15) is 30.0 Å². The SMILES string of the molecule is CC(CON1C(=O)c2ccccc2C1=O)Oc1ccc(Oc2ccccc2)cc1. The number of carbonyl (C=O) groups excluding carboxylic acids is 2. The summed E-state index contributed by atoms with van der Waals surface area (Å²) in [5.41, 5.74) is 0.695. The summed E-state index contributed by atoms with van der Waals surface area (Å²) in [6.45, 7) is 1.85. The van der Waals surface area contributed by atoms with E-state index in [1.165, 1.54) is 0 Å². The van der Waals surface area contributed by atoms with Crippen LogP contribution in [-0.2, 0) is 4.84 Å². The van der Waals surface area contributed by atoms with Gasteiger partial charge in [0.05, 0.1) is 11.1 Å². The molecule has 1 aliphatic heterocycles. The summed E-state index contributed by atoms with van der Waals surface area (Å²) < 4.78 is 11.5. The van der Waals surface area contributed by atoms with Gasteiger partial charge in [-0.15, -0.1) is 5.06 Å². The van der Waals surface area contributed by atoms with Crippen LogP contribution in [-0.4, -0.2) is 29.6 Å². The third-order valence-corrected chi connectivity index (χ3v) is 4.34. The number of para-hydroxylation sites is 1. The standard InChI is InChI=1S/C23H19NO5/c1-16(15-27-24-22(25)20-9-5-6-10-21(20)23(24)26)28-18-11-13-19(14-12-18)29-17-7-3-2-4-8-17/h2-14,16H,15H2,1H3. The topological polar surface area (TPSA) is 65.1 Å². The lowest BCUT2D eigenvalue weighted by molar-refractivity contribution is -0.109. The lowest BCUT2D eigenvalue weighted by Crippen LogP contribution is -2.34. The quantitative estimate of drug-likeness (QED) is 0.558. The summed E-state index contributed by atoms with van der Waals surface area (Å²) in [5.74, 6) is 1.16. The minimum absolute atomic E-state index is 0.0493. The first kappa shape index (κ1) is 18.7. The van der Waals surface area contributed by atoms with Crippen LogP contribution in [0.1, 0.15) is 27.6 Å². The molecular formula is C23H19NO5. The Morgan fingerprint density at radius 3 is 1.86 bits per heavy atom. The van der Waals surface area contributed by atoms with Crippen molar-refractivity contribution < 1.29 is 23.9 Å². The van der Waals surface area contributed by atoms with Gasteiger partial charge in [0, 0.05) is 0 Å². The van der Waals surface area contributed by atoms with Gasteiger partial charge in [0.25, 0.3) is 11.8 Å². The van der Waals surface area contributed by atoms with Crippen LogP contribution in [0, 0.1) is 0 Å². The molecule has 3 aromatic carbocycles. The molecule has 0 aromatic heterocycles. The Morgan fingerprint density at radius 2 is 1.24 bits per heavy atom. The molecule has 0 radical (unpaired) electrons. The number of hydroxylamine groups is 2. The smallest absolute Gasteiger partial charge is 0.285 e. The Bertz CT molecular complexity index is 982. The van der Waals surface area contributed by atoms with Gasteiger partial charge in [-0.05, 0) is 55.5 Å². The molecule has 1 aliphatic rings. The van der Waals surface area contributed by atoms with E-state index in [0.717, 1.165) is 10.8 Å². The van der Waals surface area contributed by atoms with E-state index in [0.29, 0.717) is 22.6 Å². The van der Waals surface area contributed by atoms with Crippen molar-refractivity contribution in [2.24, 2.45) is 0 Å². The number of hydrogen-bond donors (Lipinski definition) is 0. The predicted octanol–water partition coefficient (Wildman–Crippen LogP) is 4.47. The highest BCUT2D eigenvalue weighted by Gasteiger charge is 2.36. The Kier molecular flexibility index (Phi) is 5.27. The number of carbonyl (C=O) groups is 2. The summed E-state index contributed by atoms with van der Waals surface area (Å²) in [5, 5.41) is 0.793. The molecule has 146 valence electrons. The van der Waals surface area contributed by atoms with E-state index in [4.69, 9.17) is 14.3 Å². The molecule has 4 rings (SSSR count). The highest BCUT2D eigenvalue weighted by atomic mass is 16.7. The molecular weight excluding hydrogens is 370 g/mol. The molecule has 0 bridgehead atoms. The first-order chi connectivity index (χ1) is 14.1. The fourth-order valence-electron chi connectivity index (χ4n) is 2.94. The number of amides is 2. The van der Waals surface area contributed by atoms with Crippen LogP contribution in [0.5, 0.6) is 17.2 Å². The second-order valence-corrected chi connectivity index (χ2v) is 6.56. The molecule has 1 unspecified atom stereocenters. The third-order valence-electron chi connectivity index (χ3n) is 4.34. The van der Waals surface area contributed by atoms with Gasteiger partial charge in [-0.25, -0.2) is 0 Å². The largest absolute Gasteiger partial charge is 0.488 e. The number of imide groups is 1. The molecule has 6 heteroatoms. The average Bonchev–Trinajstić information content (AvgIpc) is 2.99. The predicted molar refractivity (Wildman–Crippen MR) is 106 cm³/mol. The van der Waals surface area contributed by atoms with Crippen molar-refractivity contribution in [3.63, 3.8) is 0 Å². The van der Waals surface area contributed by atoms with Gasteiger partial charge in [-0.2, -0.15) is 0 Å². The van der Waals surface area contributed by atoms with Gasteiger partial charge in [0.15, 0.2) is 0 Å². The zero-order valence-corrected chi connectivity index (χ0v) is 15.8. The molecule has 0 saturated carbocycles. The minimum atomic E-state index is -0.458. The zero-order valence-electron chi connectivity index (χ0n) is 15.8. The van der Waals surface area contributed by atoms with E-state index in [9.17, 15) is 9.59 Å². The maximum Gasteiger partial charge on any atom is 0.285 e. The fraction of sp³-hybridized carbons (Fsp3) is 0.130. The minimum Gasteiger partial charge on any atom is -0.488 e. The number of benzene rings is 3. The molecule has 6 nitrogen and oxygen atoms in total. The molecule has 3 aromatic rings. The third kappa shape index (κ3) is 4.12. The van der Waals surface area contributed by atoms with Crippen molar-refractivity contribution in [2.45, 2.75) is 13.0 Å². The van der Waals surface area contributed by atoms with Crippen LogP contribution in [0.3, 0.4) is 0 Å². The van der Waals surface area contributed by atoms with Crippen molar-refractivity contribution in [2.75, 3.05) is 6.61 Å². The van der Waals surface area contributed by atoms with Crippen LogP contribution in [0.2, 0.25) is 0 Å². The van der Waals surface area contributed by atoms with Gasteiger partial charge < -0.3 is 9.47 Å². The number of rotatable bonds is 7. The van der Waals surface area contributed by atoms with Crippen molar-refractivity contribution in [1.29, 1.82) is 0 Å². The first-order valence-electron chi connectivity index (χ1n) is 9.22. The molecule has 1 atom stereocenters. The second-order valence-electron chi connectivity index (χ2n) is 6.56. The molecule has 29 heavy (non-hydrogen) atoms. The first-order valence-corrected chi connectivity index (χ1v) is 9.22. The van der Waals surface area contributed by atoms with E-state index in [-0.39, 0.29) is 12.7 Å². The summed E-state index contributed by atoms with van der Waals surface area (Å²) in [4.78, 5) is 30.0. The van der Waals surface area contributed by atoms with E-state index >= 15 is 0 Å². The molecule has 1 heterocycles. The summed E-state index contributed by atoms with van der Waals surface area (Å²) in [6.07, 6.45) is -0.375. The van der Waals surface area contributed by atoms with Crippen LogP contribution in [0.25, 0.3) is 0 Å². The molecule has 0 fully saturated rings. The summed E-state index contributed by atoms with van der Waals surface area (Å²) >= 11 is 0. The van der Waals surface area contributed by atoms with Crippen LogP contribution in [0.15, 0.2) is 78.9 Å². The highest BCUT2D eigenvalue weighted by Crippen LogP contribution is 2.25. The highest BCUT2D eigenvalue weighted by molar-refractivity contribution is 6.20. The van der Waals surface area contributed by atoms with Crippen molar-refractivity contribution >= 4 is 11.8 Å². The average molecular weight is 389 g/mol. The van der Waals surface area contributed by atoms with Gasteiger partial charge in [-0.1, -0.05) is 30.3 Å². The maximum atomic E-state index is 12.3. The maximum absolute atomic E-state index is 12.3. The zero-order chi connectivity index (χ0) is 20.2. The van der Waals surface area contributed by atoms with Crippen LogP contribution < -0.4 is 9.47 Å². The molecule has 0 aliphatic carbocycles. The molecule has 0 saturated heterocycles. The Hall–Kier alpha value is -3.64. The number of hydrogen-bond acceptors (Lipinski definition) is 5. The number of fused-ring (bicyclic) bond motifs is 1. The van der Waals surface area contributed by atoms with E-state index in [2.05, 4.69) is 0 Å². The molecule has 0 spiro atoms. The number of ether oxygens (including phenoxy) is 2. The summed E-state index contributed by atoms with van der Waals surface area (Å²) in [6, 6.07) is 23.3. The monoisotopic (exact) mass is 389 g/mol. The van der Waals surface area contributed by atoms with E-state index in [1.54, 1.807) is 55.5 Å². The van der Waals surface area contributed by atoms with Crippen molar-refractivity contribution in [3.05, 3.63) is 90.0 Å². The Morgan fingerprint density at radius 1 is 0.724 bits per heavy atom. The lowest BCUT2D eigenvalue weighted by Gasteiger charge is -2.18. The van der Waals surface area contributed by atoms with Gasteiger partial charge >= 0.3 is 0 Å². The van der Waals surface area contributed by atoms with Crippen LogP contribution in [0.4, 0.5) is 0 Å². The lowest BCUT2D eigenvalue weighted by atomic mass is 10.1. The van der Waals surface area contributed by atoms with Crippen molar-refractivity contribution in [1.82, 2.24) is 5.06 Å². The van der Waals surface area contributed by atoms with Gasteiger partial charge in [-0.3, -0.25) is 14.4 Å². The molecule has 0 N–H and O–H groups in total. The fourth-order valence-corrected chi connectivity index (χ4v) is 2.94. The normalized spacial score (nSPS) is 13.9. The number of nitrogens with zero attached hydrogens (tertiary/aromatic N) is 1. The van der Waals surface area contributed by atoms with Gasteiger partial charge in [0.2, 0.25) is 0 Å². The Labute approximate surface area is 168 Å². The Balaban J connectivity index is 1.31. The van der Waals surface area contributed by atoms with Crippen LogP contribution >= 0.6 is 0 Å². The molecule has 2 amide bonds. The van der Waals surface area contributed by atoms with E-state index < -0.39 is 11.8 Å². The van der Waals surface area contributed by atoms with Crippen molar-refractivity contribution in [3.8, 4) is 17.2 Å².